The number of carbonyl (C=O) groups excluding carboxylic acids is 2. The van der Waals surface area contributed by atoms with Crippen LogP contribution in [-0.2, 0) is 22.4 Å². The van der Waals surface area contributed by atoms with Crippen LogP contribution in [0.5, 0.6) is 11.5 Å². The molecule has 1 aliphatic carbocycles. The summed E-state index contributed by atoms with van der Waals surface area (Å²) in [5, 5.41) is 1.62. The molecule has 2 aromatic carbocycles. The van der Waals surface area contributed by atoms with Crippen molar-refractivity contribution in [3.05, 3.63) is 35.4 Å². The van der Waals surface area contributed by atoms with E-state index in [1.165, 1.54) is 13.8 Å². The maximum atomic E-state index is 11.6. The molecule has 0 saturated heterocycles. The summed E-state index contributed by atoms with van der Waals surface area (Å²) in [6, 6.07) is 7.61. The van der Waals surface area contributed by atoms with Gasteiger partial charge in [-0.1, -0.05) is 38.1 Å². The van der Waals surface area contributed by atoms with Crippen molar-refractivity contribution < 1.29 is 19.1 Å². The standard InChI is InChI=1S/C20H22O4/c1-11-9-17-18(10-12(11)2)20(24-14(4)22)16-8-6-5-7-15(16)19(17)23-13(3)21/h5-8,11-12H,9-10H2,1-4H3. The van der Waals surface area contributed by atoms with Crippen molar-refractivity contribution in [1.29, 1.82) is 0 Å². The fourth-order valence-corrected chi connectivity index (χ4v) is 3.48. The van der Waals surface area contributed by atoms with E-state index in [0.717, 1.165) is 34.7 Å². The van der Waals surface area contributed by atoms with Crippen LogP contribution in [0, 0.1) is 11.8 Å². The van der Waals surface area contributed by atoms with Crippen LogP contribution < -0.4 is 9.47 Å². The fourth-order valence-electron chi connectivity index (χ4n) is 3.48. The third-order valence-corrected chi connectivity index (χ3v) is 4.84. The highest BCUT2D eigenvalue weighted by molar-refractivity contribution is 5.98. The average Bonchev–Trinajstić information content (AvgIpc) is 2.52. The first kappa shape index (κ1) is 16.5. The van der Waals surface area contributed by atoms with Gasteiger partial charge in [-0.3, -0.25) is 9.59 Å². The zero-order chi connectivity index (χ0) is 17.4. The maximum absolute atomic E-state index is 11.6. The van der Waals surface area contributed by atoms with Crippen LogP contribution in [0.15, 0.2) is 24.3 Å². The van der Waals surface area contributed by atoms with E-state index in [1.54, 1.807) is 0 Å². The lowest BCUT2D eigenvalue weighted by Crippen LogP contribution is -2.23. The maximum Gasteiger partial charge on any atom is 0.308 e. The molecule has 1 aliphatic rings. The molecular weight excluding hydrogens is 304 g/mol. The van der Waals surface area contributed by atoms with E-state index in [1.807, 2.05) is 24.3 Å². The second-order valence-electron chi connectivity index (χ2n) is 6.71. The van der Waals surface area contributed by atoms with Crippen LogP contribution in [-0.4, -0.2) is 11.9 Å². The summed E-state index contributed by atoms with van der Waals surface area (Å²) in [7, 11) is 0. The van der Waals surface area contributed by atoms with Crippen molar-refractivity contribution in [1.82, 2.24) is 0 Å². The molecule has 0 spiro atoms. The summed E-state index contributed by atoms with van der Waals surface area (Å²) >= 11 is 0. The van der Waals surface area contributed by atoms with Gasteiger partial charge in [-0.2, -0.15) is 0 Å². The third kappa shape index (κ3) is 2.88. The Hall–Kier alpha value is -2.36. The number of fused-ring (bicyclic) bond motifs is 2. The zero-order valence-corrected chi connectivity index (χ0v) is 14.5. The molecule has 0 radical (unpaired) electrons. The van der Waals surface area contributed by atoms with Gasteiger partial charge in [0.25, 0.3) is 0 Å². The van der Waals surface area contributed by atoms with Crippen LogP contribution >= 0.6 is 0 Å². The number of esters is 2. The van der Waals surface area contributed by atoms with Crippen LogP contribution in [0.4, 0.5) is 0 Å². The lowest BCUT2D eigenvalue weighted by Gasteiger charge is -2.31. The molecule has 2 unspecified atom stereocenters. The second-order valence-corrected chi connectivity index (χ2v) is 6.71. The molecule has 0 N–H and O–H groups in total. The van der Waals surface area contributed by atoms with E-state index < -0.39 is 0 Å². The molecule has 0 aliphatic heterocycles. The highest BCUT2D eigenvalue weighted by Gasteiger charge is 2.31. The largest absolute Gasteiger partial charge is 0.426 e. The monoisotopic (exact) mass is 326 g/mol. The molecule has 0 bridgehead atoms. The third-order valence-electron chi connectivity index (χ3n) is 4.84. The van der Waals surface area contributed by atoms with E-state index in [4.69, 9.17) is 9.47 Å². The lowest BCUT2D eigenvalue weighted by molar-refractivity contribution is -0.133. The van der Waals surface area contributed by atoms with Crippen molar-refractivity contribution in [3.63, 3.8) is 0 Å². The van der Waals surface area contributed by atoms with Crippen LogP contribution in [0.2, 0.25) is 0 Å². The number of carbonyl (C=O) groups is 2. The van der Waals surface area contributed by atoms with E-state index in [2.05, 4.69) is 13.8 Å². The quantitative estimate of drug-likeness (QED) is 0.617. The topological polar surface area (TPSA) is 52.6 Å². The summed E-state index contributed by atoms with van der Waals surface area (Å²) in [4.78, 5) is 23.3. The van der Waals surface area contributed by atoms with Gasteiger partial charge >= 0.3 is 11.9 Å². The lowest BCUT2D eigenvalue weighted by atomic mass is 9.76. The van der Waals surface area contributed by atoms with E-state index >= 15 is 0 Å². The zero-order valence-electron chi connectivity index (χ0n) is 14.5. The van der Waals surface area contributed by atoms with Crippen LogP contribution in [0.25, 0.3) is 10.8 Å². The van der Waals surface area contributed by atoms with Gasteiger partial charge in [-0.15, -0.1) is 0 Å². The molecule has 3 rings (SSSR count). The Morgan fingerprint density at radius 3 is 1.54 bits per heavy atom. The number of hydrogen-bond donors (Lipinski definition) is 0. The van der Waals surface area contributed by atoms with Gasteiger partial charge < -0.3 is 9.47 Å². The minimum absolute atomic E-state index is 0.339. The molecule has 4 heteroatoms. The van der Waals surface area contributed by atoms with Gasteiger partial charge in [0.15, 0.2) is 0 Å². The fraction of sp³-hybridized carbons (Fsp3) is 0.400. The first-order chi connectivity index (χ1) is 11.4. The van der Waals surface area contributed by atoms with Crippen LogP contribution in [0.1, 0.15) is 38.8 Å². The molecule has 4 nitrogen and oxygen atoms in total. The van der Waals surface area contributed by atoms with E-state index in [0.29, 0.717) is 23.3 Å². The highest BCUT2D eigenvalue weighted by atomic mass is 16.5. The van der Waals surface area contributed by atoms with Crippen molar-refractivity contribution in [2.45, 2.75) is 40.5 Å². The van der Waals surface area contributed by atoms with E-state index in [9.17, 15) is 9.59 Å². The Labute approximate surface area is 141 Å². The molecule has 0 aromatic heterocycles. The molecule has 2 atom stereocenters. The van der Waals surface area contributed by atoms with Crippen LogP contribution in [0.3, 0.4) is 0 Å². The molecule has 24 heavy (non-hydrogen) atoms. The van der Waals surface area contributed by atoms with Gasteiger partial charge in [0.1, 0.15) is 11.5 Å². The molecule has 0 amide bonds. The molecule has 0 fully saturated rings. The number of benzene rings is 2. The molecule has 126 valence electrons. The minimum atomic E-state index is -0.339. The Morgan fingerprint density at radius 2 is 1.21 bits per heavy atom. The number of rotatable bonds is 2. The Balaban J connectivity index is 2.35. The van der Waals surface area contributed by atoms with Crippen molar-refractivity contribution >= 4 is 22.7 Å². The number of hydrogen-bond acceptors (Lipinski definition) is 4. The van der Waals surface area contributed by atoms with Gasteiger partial charge in [0.2, 0.25) is 0 Å². The Kier molecular flexibility index (Phi) is 4.31. The van der Waals surface area contributed by atoms with Gasteiger partial charge in [-0.25, -0.2) is 0 Å². The second kappa shape index (κ2) is 6.27. The predicted octanol–water partition coefficient (Wildman–Crippen LogP) is 4.06. The normalized spacial score (nSPS) is 19.7. The summed E-state index contributed by atoms with van der Waals surface area (Å²) in [5.41, 5.74) is 1.98. The van der Waals surface area contributed by atoms with Crippen molar-refractivity contribution in [2.75, 3.05) is 0 Å². The molecule has 2 aromatic rings. The van der Waals surface area contributed by atoms with Crippen molar-refractivity contribution in [3.8, 4) is 11.5 Å². The van der Waals surface area contributed by atoms with Gasteiger partial charge in [0, 0.05) is 35.7 Å². The molecule has 0 saturated carbocycles. The predicted molar refractivity (Wildman–Crippen MR) is 92.3 cm³/mol. The highest BCUT2D eigenvalue weighted by Crippen LogP contribution is 2.46. The average molecular weight is 326 g/mol. The van der Waals surface area contributed by atoms with Gasteiger partial charge in [0.05, 0.1) is 0 Å². The minimum Gasteiger partial charge on any atom is -0.426 e. The summed E-state index contributed by atoms with van der Waals surface area (Å²) in [6.07, 6.45) is 1.61. The molecule has 0 heterocycles. The SMILES string of the molecule is CC(=O)Oc1c2c(c(OC(C)=O)c3ccccc13)CC(C)C(C)C2. The Morgan fingerprint density at radius 1 is 0.833 bits per heavy atom. The smallest absolute Gasteiger partial charge is 0.308 e. The number of ether oxygens (including phenoxy) is 2. The summed E-state index contributed by atoms with van der Waals surface area (Å²) in [6.45, 7) is 7.23. The van der Waals surface area contributed by atoms with Crippen molar-refractivity contribution in [2.24, 2.45) is 11.8 Å². The first-order valence-electron chi connectivity index (χ1n) is 8.31. The van der Waals surface area contributed by atoms with Gasteiger partial charge in [-0.05, 0) is 24.7 Å². The van der Waals surface area contributed by atoms with E-state index in [-0.39, 0.29) is 11.9 Å². The Bertz CT molecular complexity index is 753. The summed E-state index contributed by atoms with van der Waals surface area (Å²) in [5.74, 6) is 1.49. The first-order valence-corrected chi connectivity index (χ1v) is 8.31. The molecular formula is C20H22O4. The summed E-state index contributed by atoms with van der Waals surface area (Å²) < 4.78 is 11.2.